The maximum absolute atomic E-state index is 9.14. The second kappa shape index (κ2) is 6.19. The molecule has 1 saturated heterocycles. The lowest BCUT2D eigenvalue weighted by atomic mass is 9.99. The summed E-state index contributed by atoms with van der Waals surface area (Å²) < 4.78 is 5.49. The summed E-state index contributed by atoms with van der Waals surface area (Å²) in [5, 5.41) is 12.4. The molecule has 0 amide bonds. The Balaban J connectivity index is 2.34. The number of nitriles is 1. The summed E-state index contributed by atoms with van der Waals surface area (Å²) in [6.45, 7) is 10.7. The molecule has 0 radical (unpaired) electrons. The van der Waals surface area contributed by atoms with Crippen molar-refractivity contribution in [2.45, 2.75) is 38.8 Å². The summed E-state index contributed by atoms with van der Waals surface area (Å²) in [6.07, 6.45) is 1.19. The van der Waals surface area contributed by atoms with Gasteiger partial charge in [0.15, 0.2) is 0 Å². The molecule has 2 unspecified atom stereocenters. The van der Waals surface area contributed by atoms with Crippen LogP contribution < -0.4 is 5.32 Å². The van der Waals surface area contributed by atoms with E-state index in [0.717, 1.165) is 39.2 Å². The van der Waals surface area contributed by atoms with Crippen molar-refractivity contribution >= 4 is 0 Å². The van der Waals surface area contributed by atoms with E-state index in [9.17, 15) is 0 Å². The average Bonchev–Trinajstić information content (AvgIpc) is 2.27. The Morgan fingerprint density at radius 3 is 2.94 bits per heavy atom. The topological polar surface area (TPSA) is 48.3 Å². The molecule has 16 heavy (non-hydrogen) atoms. The third kappa shape index (κ3) is 4.09. The van der Waals surface area contributed by atoms with Gasteiger partial charge in [-0.05, 0) is 26.8 Å². The van der Waals surface area contributed by atoms with Crippen LogP contribution in [0, 0.1) is 11.3 Å². The largest absolute Gasteiger partial charge is 0.376 e. The summed E-state index contributed by atoms with van der Waals surface area (Å²) in [5.74, 6) is 0. The summed E-state index contributed by atoms with van der Waals surface area (Å²) in [4.78, 5) is 2.38. The fourth-order valence-corrected chi connectivity index (χ4v) is 2.05. The van der Waals surface area contributed by atoms with Crippen LogP contribution in [0.4, 0.5) is 0 Å². The van der Waals surface area contributed by atoms with Crippen molar-refractivity contribution in [1.82, 2.24) is 10.2 Å². The van der Waals surface area contributed by atoms with E-state index >= 15 is 0 Å². The van der Waals surface area contributed by atoms with E-state index in [2.05, 4.69) is 23.2 Å². The average molecular weight is 225 g/mol. The van der Waals surface area contributed by atoms with Gasteiger partial charge in [0.1, 0.15) is 5.54 Å². The second-order valence-corrected chi connectivity index (χ2v) is 4.71. The monoisotopic (exact) mass is 225 g/mol. The third-order valence-corrected chi connectivity index (χ3v) is 3.07. The lowest BCUT2D eigenvalue weighted by molar-refractivity contribution is -0.0197. The number of hydrogen-bond acceptors (Lipinski definition) is 4. The molecule has 1 fully saturated rings. The first-order valence-electron chi connectivity index (χ1n) is 6.10. The summed E-state index contributed by atoms with van der Waals surface area (Å²) in [5.41, 5.74) is -0.393. The Morgan fingerprint density at radius 1 is 1.62 bits per heavy atom. The molecule has 1 heterocycles. The molecule has 4 heteroatoms. The highest BCUT2D eigenvalue weighted by molar-refractivity contribution is 5.03. The fraction of sp³-hybridized carbons (Fsp3) is 0.917. The van der Waals surface area contributed by atoms with Gasteiger partial charge in [0.25, 0.3) is 0 Å². The van der Waals surface area contributed by atoms with Crippen LogP contribution in [0.25, 0.3) is 0 Å². The number of rotatable bonds is 5. The van der Waals surface area contributed by atoms with Gasteiger partial charge >= 0.3 is 0 Å². The molecule has 1 aliphatic rings. The first-order chi connectivity index (χ1) is 7.59. The lowest BCUT2D eigenvalue weighted by Gasteiger charge is -2.33. The summed E-state index contributed by atoms with van der Waals surface area (Å²) in [6, 6.07) is 2.36. The van der Waals surface area contributed by atoms with Crippen LogP contribution in [-0.4, -0.2) is 49.3 Å². The van der Waals surface area contributed by atoms with Gasteiger partial charge < -0.3 is 4.74 Å². The zero-order valence-corrected chi connectivity index (χ0v) is 10.6. The van der Waals surface area contributed by atoms with Crippen molar-refractivity contribution in [3.8, 4) is 6.07 Å². The van der Waals surface area contributed by atoms with E-state index in [1.54, 1.807) is 0 Å². The van der Waals surface area contributed by atoms with E-state index in [0.29, 0.717) is 6.10 Å². The van der Waals surface area contributed by atoms with Gasteiger partial charge in [0.2, 0.25) is 0 Å². The van der Waals surface area contributed by atoms with Crippen LogP contribution in [0.2, 0.25) is 0 Å². The van der Waals surface area contributed by atoms with Gasteiger partial charge in [-0.2, -0.15) is 5.26 Å². The maximum Gasteiger partial charge on any atom is 0.105 e. The molecule has 1 N–H and O–H groups in total. The Bertz CT molecular complexity index is 251. The van der Waals surface area contributed by atoms with Crippen molar-refractivity contribution in [2.75, 3.05) is 32.8 Å². The molecule has 2 atom stereocenters. The maximum atomic E-state index is 9.14. The molecule has 92 valence electrons. The van der Waals surface area contributed by atoms with Crippen molar-refractivity contribution in [3.63, 3.8) is 0 Å². The highest BCUT2D eigenvalue weighted by Gasteiger charge is 2.24. The summed E-state index contributed by atoms with van der Waals surface area (Å²) in [7, 11) is 0. The van der Waals surface area contributed by atoms with Crippen molar-refractivity contribution < 1.29 is 4.74 Å². The standard InChI is InChI=1S/C12H23N3O/c1-4-14-12(3,10-13)5-6-15-7-8-16-11(2)9-15/h11,14H,4-9H2,1-3H3. The normalized spacial score (nSPS) is 26.0. The smallest absolute Gasteiger partial charge is 0.105 e. The molecule has 1 rings (SSSR count). The molecule has 4 nitrogen and oxygen atoms in total. The molecule has 0 saturated carbocycles. The zero-order valence-electron chi connectivity index (χ0n) is 10.6. The van der Waals surface area contributed by atoms with Gasteiger partial charge in [0, 0.05) is 19.6 Å². The molecule has 0 aromatic heterocycles. The van der Waals surface area contributed by atoms with Gasteiger partial charge in [0.05, 0.1) is 18.8 Å². The van der Waals surface area contributed by atoms with Gasteiger partial charge in [-0.3, -0.25) is 10.2 Å². The molecular formula is C12H23N3O. The lowest BCUT2D eigenvalue weighted by Crippen LogP contribution is -2.47. The number of nitrogens with one attached hydrogen (secondary N) is 1. The molecule has 0 spiro atoms. The molecule has 0 aliphatic carbocycles. The molecule has 1 aliphatic heterocycles. The SMILES string of the molecule is CCNC(C)(C#N)CCN1CCOC(C)C1. The molecule has 0 aromatic rings. The van der Waals surface area contributed by atoms with Crippen LogP contribution in [-0.2, 0) is 4.74 Å². The number of morpholine rings is 1. The third-order valence-electron chi connectivity index (χ3n) is 3.07. The highest BCUT2D eigenvalue weighted by Crippen LogP contribution is 2.11. The van der Waals surface area contributed by atoms with Crippen molar-refractivity contribution in [2.24, 2.45) is 0 Å². The van der Waals surface area contributed by atoms with Crippen LogP contribution >= 0.6 is 0 Å². The minimum Gasteiger partial charge on any atom is -0.376 e. The van der Waals surface area contributed by atoms with E-state index < -0.39 is 5.54 Å². The van der Waals surface area contributed by atoms with E-state index in [1.807, 2.05) is 13.8 Å². The molecular weight excluding hydrogens is 202 g/mol. The number of ether oxygens (including phenoxy) is 1. The number of nitrogens with zero attached hydrogens (tertiary/aromatic N) is 2. The summed E-state index contributed by atoms with van der Waals surface area (Å²) >= 11 is 0. The van der Waals surface area contributed by atoms with Gasteiger partial charge in [-0.15, -0.1) is 0 Å². The molecule has 0 aromatic carbocycles. The second-order valence-electron chi connectivity index (χ2n) is 4.71. The van der Waals surface area contributed by atoms with E-state index in [1.165, 1.54) is 0 Å². The van der Waals surface area contributed by atoms with Crippen LogP contribution in [0.1, 0.15) is 27.2 Å². The number of hydrogen-bond donors (Lipinski definition) is 1. The minimum atomic E-state index is -0.393. The van der Waals surface area contributed by atoms with Crippen LogP contribution in [0.15, 0.2) is 0 Å². The van der Waals surface area contributed by atoms with Gasteiger partial charge in [-0.1, -0.05) is 6.92 Å². The zero-order chi connectivity index (χ0) is 12.0. The first-order valence-corrected chi connectivity index (χ1v) is 6.10. The highest BCUT2D eigenvalue weighted by atomic mass is 16.5. The van der Waals surface area contributed by atoms with E-state index in [4.69, 9.17) is 10.00 Å². The van der Waals surface area contributed by atoms with Gasteiger partial charge in [-0.25, -0.2) is 0 Å². The Hall–Kier alpha value is -0.630. The molecule has 0 bridgehead atoms. The predicted octanol–water partition coefficient (Wildman–Crippen LogP) is 0.989. The van der Waals surface area contributed by atoms with Crippen LogP contribution in [0.5, 0.6) is 0 Å². The quantitative estimate of drug-likeness (QED) is 0.758. The Kier molecular flexibility index (Phi) is 5.20. The Morgan fingerprint density at radius 2 is 2.38 bits per heavy atom. The minimum absolute atomic E-state index is 0.321. The fourth-order valence-electron chi connectivity index (χ4n) is 2.05. The first kappa shape index (κ1) is 13.4. The van der Waals surface area contributed by atoms with Crippen molar-refractivity contribution in [1.29, 1.82) is 5.26 Å². The van der Waals surface area contributed by atoms with Crippen LogP contribution in [0.3, 0.4) is 0 Å². The predicted molar refractivity (Wildman–Crippen MR) is 64.2 cm³/mol. The Labute approximate surface area is 98.6 Å². The van der Waals surface area contributed by atoms with E-state index in [-0.39, 0.29) is 0 Å². The van der Waals surface area contributed by atoms with Crippen molar-refractivity contribution in [3.05, 3.63) is 0 Å².